The number of nitrogens with zero attached hydrogens (tertiary/aromatic N) is 2. The Kier molecular flexibility index (Phi) is 4.64. The Hall–Kier alpha value is -2.64. The van der Waals surface area contributed by atoms with Crippen LogP contribution in [0.15, 0.2) is 46.0 Å². The maximum Gasteiger partial charge on any atom is 0.272 e. The van der Waals surface area contributed by atoms with E-state index in [0.717, 1.165) is 33.9 Å². The molecule has 2 aromatic carbocycles. The number of benzene rings is 2. The number of nitrogens with one attached hydrogen (secondary N) is 1. The van der Waals surface area contributed by atoms with Gasteiger partial charge in [-0.1, -0.05) is 27.5 Å². The lowest BCUT2D eigenvalue weighted by Gasteiger charge is -2.09. The summed E-state index contributed by atoms with van der Waals surface area (Å²) >= 11 is 9.71. The van der Waals surface area contributed by atoms with Gasteiger partial charge in [0.05, 0.1) is 22.3 Å². The monoisotopic (exact) mass is 471 g/mol. The molecular formula is C21H15BrClN3O3. The Morgan fingerprint density at radius 2 is 2.00 bits per heavy atom. The quantitative estimate of drug-likeness (QED) is 0.427. The fourth-order valence-electron chi connectivity index (χ4n) is 3.25. The van der Waals surface area contributed by atoms with E-state index in [2.05, 4.69) is 26.5 Å². The number of hydrogen-bond acceptors (Lipinski definition) is 5. The van der Waals surface area contributed by atoms with Crippen molar-refractivity contribution in [3.63, 3.8) is 0 Å². The molecule has 0 unspecified atom stereocenters. The van der Waals surface area contributed by atoms with E-state index in [1.54, 1.807) is 12.1 Å². The molecule has 146 valence electrons. The number of carbonyl (C=O) groups excluding carboxylic acids is 1. The highest BCUT2D eigenvalue weighted by atomic mass is 79.9. The van der Waals surface area contributed by atoms with Gasteiger partial charge in [-0.15, -0.1) is 0 Å². The molecule has 1 fully saturated rings. The standard InChI is InChI=1S/C21H15BrClN3O3/c22-13-3-4-17-14(6-13)15(7-18(25-17)11-1-2-11)21(27)26-24-9-12-5-19-20(8-16(12)23)29-10-28-19/h3-9,11H,1-2,10H2,(H,26,27). The summed E-state index contributed by atoms with van der Waals surface area (Å²) in [5.74, 6) is 1.33. The average Bonchev–Trinajstić information content (AvgIpc) is 3.46. The summed E-state index contributed by atoms with van der Waals surface area (Å²) in [5.41, 5.74) is 5.52. The zero-order chi connectivity index (χ0) is 20.0. The lowest BCUT2D eigenvalue weighted by atomic mass is 10.1. The summed E-state index contributed by atoms with van der Waals surface area (Å²) in [6.45, 7) is 0.164. The Balaban J connectivity index is 1.43. The Labute approximate surface area is 180 Å². The number of pyridine rings is 1. The number of aromatic nitrogens is 1. The smallest absolute Gasteiger partial charge is 0.272 e. The predicted octanol–water partition coefficient (Wildman–Crippen LogP) is 5.02. The van der Waals surface area contributed by atoms with Crippen molar-refractivity contribution in [3.05, 3.63) is 62.7 Å². The van der Waals surface area contributed by atoms with Crippen molar-refractivity contribution in [1.29, 1.82) is 0 Å². The van der Waals surface area contributed by atoms with Crippen molar-refractivity contribution >= 4 is 50.6 Å². The second-order valence-corrected chi connectivity index (χ2v) is 8.28. The molecule has 1 saturated carbocycles. The zero-order valence-electron chi connectivity index (χ0n) is 15.1. The molecule has 6 nitrogen and oxygen atoms in total. The van der Waals surface area contributed by atoms with Crippen LogP contribution in [0.4, 0.5) is 0 Å². The SMILES string of the molecule is O=C(NN=Cc1cc2c(cc1Cl)OCO2)c1cc(C2CC2)nc2ccc(Br)cc12. The van der Waals surface area contributed by atoms with E-state index in [1.165, 1.54) is 6.21 Å². The molecular weight excluding hydrogens is 458 g/mol. The number of rotatable bonds is 4. The first-order valence-electron chi connectivity index (χ1n) is 9.11. The van der Waals surface area contributed by atoms with Gasteiger partial charge in [0.2, 0.25) is 6.79 Å². The topological polar surface area (TPSA) is 72.8 Å². The Bertz CT molecular complexity index is 1180. The Morgan fingerprint density at radius 1 is 1.21 bits per heavy atom. The summed E-state index contributed by atoms with van der Waals surface area (Å²) in [4.78, 5) is 17.6. The van der Waals surface area contributed by atoms with Crippen LogP contribution in [0.2, 0.25) is 5.02 Å². The van der Waals surface area contributed by atoms with Crippen molar-refractivity contribution in [2.24, 2.45) is 5.10 Å². The van der Waals surface area contributed by atoms with Crippen LogP contribution in [0.3, 0.4) is 0 Å². The second-order valence-electron chi connectivity index (χ2n) is 6.96. The third-order valence-electron chi connectivity index (χ3n) is 4.89. The van der Waals surface area contributed by atoms with E-state index in [9.17, 15) is 4.79 Å². The summed E-state index contributed by atoms with van der Waals surface area (Å²) in [6, 6.07) is 11.0. The number of ether oxygens (including phenoxy) is 2. The van der Waals surface area contributed by atoms with Crippen molar-refractivity contribution in [1.82, 2.24) is 10.4 Å². The number of carbonyl (C=O) groups is 1. The van der Waals surface area contributed by atoms with Gasteiger partial charge in [0.15, 0.2) is 11.5 Å². The van der Waals surface area contributed by atoms with Gasteiger partial charge >= 0.3 is 0 Å². The van der Waals surface area contributed by atoms with E-state index in [0.29, 0.717) is 33.6 Å². The van der Waals surface area contributed by atoms with Gasteiger partial charge in [-0.05, 0) is 43.2 Å². The number of amides is 1. The van der Waals surface area contributed by atoms with Gasteiger partial charge in [0.1, 0.15) is 0 Å². The van der Waals surface area contributed by atoms with Crippen molar-refractivity contribution in [3.8, 4) is 11.5 Å². The first kappa shape index (κ1) is 18.4. The first-order valence-corrected chi connectivity index (χ1v) is 10.3. The first-order chi connectivity index (χ1) is 14.1. The van der Waals surface area contributed by atoms with E-state index in [1.807, 2.05) is 24.3 Å². The van der Waals surface area contributed by atoms with Crippen LogP contribution in [0.5, 0.6) is 11.5 Å². The van der Waals surface area contributed by atoms with E-state index < -0.39 is 0 Å². The van der Waals surface area contributed by atoms with E-state index in [-0.39, 0.29) is 12.7 Å². The minimum atomic E-state index is -0.300. The van der Waals surface area contributed by atoms with Gasteiger partial charge in [0.25, 0.3) is 5.91 Å². The molecule has 0 bridgehead atoms. The van der Waals surface area contributed by atoms with Gasteiger partial charge in [-0.25, -0.2) is 5.43 Å². The minimum absolute atomic E-state index is 0.164. The molecule has 0 atom stereocenters. The number of hydrazone groups is 1. The Morgan fingerprint density at radius 3 is 2.79 bits per heavy atom. The van der Waals surface area contributed by atoms with Crippen LogP contribution in [-0.2, 0) is 0 Å². The number of fused-ring (bicyclic) bond motifs is 2. The van der Waals surface area contributed by atoms with Gasteiger partial charge < -0.3 is 9.47 Å². The fourth-order valence-corrected chi connectivity index (χ4v) is 3.81. The zero-order valence-corrected chi connectivity index (χ0v) is 17.5. The minimum Gasteiger partial charge on any atom is -0.454 e. The summed E-state index contributed by atoms with van der Waals surface area (Å²) in [5, 5.41) is 5.32. The predicted molar refractivity (Wildman–Crippen MR) is 114 cm³/mol. The summed E-state index contributed by atoms with van der Waals surface area (Å²) in [6.07, 6.45) is 3.71. The van der Waals surface area contributed by atoms with Crippen LogP contribution in [0.25, 0.3) is 10.9 Å². The molecule has 0 spiro atoms. The van der Waals surface area contributed by atoms with Crippen molar-refractivity contribution in [2.75, 3.05) is 6.79 Å². The molecule has 29 heavy (non-hydrogen) atoms. The van der Waals surface area contributed by atoms with Crippen molar-refractivity contribution < 1.29 is 14.3 Å². The van der Waals surface area contributed by atoms with Crippen LogP contribution in [0.1, 0.15) is 40.4 Å². The van der Waals surface area contributed by atoms with Gasteiger partial charge in [-0.2, -0.15) is 5.10 Å². The highest BCUT2D eigenvalue weighted by molar-refractivity contribution is 9.10. The molecule has 1 aliphatic carbocycles. The lowest BCUT2D eigenvalue weighted by Crippen LogP contribution is -2.18. The molecule has 8 heteroatoms. The normalized spacial score (nSPS) is 15.2. The largest absolute Gasteiger partial charge is 0.454 e. The number of halogens is 2. The molecule has 1 amide bonds. The van der Waals surface area contributed by atoms with E-state index >= 15 is 0 Å². The third kappa shape index (κ3) is 3.68. The van der Waals surface area contributed by atoms with Crippen LogP contribution in [-0.4, -0.2) is 23.9 Å². The molecule has 3 aromatic rings. The molecule has 5 rings (SSSR count). The van der Waals surface area contributed by atoms with Crippen LogP contribution < -0.4 is 14.9 Å². The van der Waals surface area contributed by atoms with Gasteiger partial charge in [-0.3, -0.25) is 9.78 Å². The molecule has 1 aromatic heterocycles. The fraction of sp³-hybridized carbons (Fsp3) is 0.190. The highest BCUT2D eigenvalue weighted by Gasteiger charge is 2.27. The molecule has 1 aliphatic heterocycles. The molecule has 2 heterocycles. The number of hydrogen-bond donors (Lipinski definition) is 1. The lowest BCUT2D eigenvalue weighted by molar-refractivity contribution is 0.0956. The maximum absolute atomic E-state index is 12.9. The van der Waals surface area contributed by atoms with Crippen molar-refractivity contribution in [2.45, 2.75) is 18.8 Å². The third-order valence-corrected chi connectivity index (χ3v) is 5.71. The molecule has 2 aliphatic rings. The maximum atomic E-state index is 12.9. The van der Waals surface area contributed by atoms with E-state index in [4.69, 9.17) is 26.1 Å². The summed E-state index contributed by atoms with van der Waals surface area (Å²) in [7, 11) is 0. The van der Waals surface area contributed by atoms with Gasteiger partial charge in [0, 0.05) is 33.1 Å². The second kappa shape index (κ2) is 7.31. The molecule has 0 saturated heterocycles. The van der Waals surface area contributed by atoms with Crippen LogP contribution >= 0.6 is 27.5 Å². The summed E-state index contributed by atoms with van der Waals surface area (Å²) < 4.78 is 11.5. The highest BCUT2D eigenvalue weighted by Crippen LogP contribution is 2.40. The molecule has 0 radical (unpaired) electrons. The van der Waals surface area contributed by atoms with Crippen LogP contribution in [0, 0.1) is 0 Å². The average molecular weight is 473 g/mol. The molecule has 1 N–H and O–H groups in total.